The second-order valence-corrected chi connectivity index (χ2v) is 7.79. The molecule has 3 rings (SSSR count). The van der Waals surface area contributed by atoms with Gasteiger partial charge in [-0.3, -0.25) is 9.59 Å². The molecular weight excluding hydrogens is 396 g/mol. The van der Waals surface area contributed by atoms with Crippen LogP contribution < -0.4 is 10.6 Å². The van der Waals surface area contributed by atoms with Crippen LogP contribution in [0.5, 0.6) is 0 Å². The van der Waals surface area contributed by atoms with Crippen LogP contribution in [-0.4, -0.2) is 24.2 Å². The summed E-state index contributed by atoms with van der Waals surface area (Å²) in [6, 6.07) is 14.7. The summed E-state index contributed by atoms with van der Waals surface area (Å²) in [5.41, 5.74) is 2.42. The fourth-order valence-corrected chi connectivity index (χ4v) is 3.73. The molecular formula is C21H21ClN2O3S. The Morgan fingerprint density at radius 1 is 1.14 bits per heavy atom. The van der Waals surface area contributed by atoms with Crippen LogP contribution in [-0.2, 0) is 27.3 Å². The van der Waals surface area contributed by atoms with Crippen molar-refractivity contribution in [1.82, 2.24) is 5.32 Å². The van der Waals surface area contributed by atoms with Gasteiger partial charge in [0.15, 0.2) is 0 Å². The molecule has 0 bridgehead atoms. The van der Waals surface area contributed by atoms with Gasteiger partial charge in [-0.05, 0) is 36.2 Å². The molecule has 1 aliphatic rings. The van der Waals surface area contributed by atoms with Gasteiger partial charge < -0.3 is 15.4 Å². The van der Waals surface area contributed by atoms with Gasteiger partial charge in [0.05, 0.1) is 13.0 Å². The fraction of sp³-hybridized carbons (Fsp3) is 0.238. The van der Waals surface area contributed by atoms with Crippen LogP contribution in [0.3, 0.4) is 0 Å². The lowest BCUT2D eigenvalue weighted by atomic mass is 10.1. The van der Waals surface area contributed by atoms with Crippen LogP contribution >= 0.6 is 23.4 Å². The molecule has 0 aliphatic carbocycles. The molecule has 0 spiro atoms. The molecule has 2 aromatic carbocycles. The quantitative estimate of drug-likeness (QED) is 0.742. The van der Waals surface area contributed by atoms with Crippen LogP contribution in [0.15, 0.2) is 59.2 Å². The van der Waals surface area contributed by atoms with Crippen LogP contribution in [0, 0.1) is 0 Å². The first-order chi connectivity index (χ1) is 13.5. The maximum absolute atomic E-state index is 12.3. The highest BCUT2D eigenvalue weighted by Crippen LogP contribution is 2.26. The Labute approximate surface area is 173 Å². The molecule has 2 amide bonds. The van der Waals surface area contributed by atoms with E-state index in [0.717, 1.165) is 16.9 Å². The van der Waals surface area contributed by atoms with Gasteiger partial charge >= 0.3 is 0 Å². The molecule has 0 unspecified atom stereocenters. The number of amides is 2. The molecule has 5 nitrogen and oxygen atoms in total. The van der Waals surface area contributed by atoms with Gasteiger partial charge in [0.2, 0.25) is 5.91 Å². The summed E-state index contributed by atoms with van der Waals surface area (Å²) in [4.78, 5) is 25.1. The third kappa shape index (κ3) is 5.53. The van der Waals surface area contributed by atoms with Gasteiger partial charge in [-0.15, -0.1) is 11.8 Å². The predicted octanol–water partition coefficient (Wildman–Crippen LogP) is 4.13. The highest BCUT2D eigenvalue weighted by molar-refractivity contribution is 8.04. The van der Waals surface area contributed by atoms with Crippen molar-refractivity contribution >= 4 is 40.9 Å². The number of ether oxygens (including phenoxy) is 1. The minimum absolute atomic E-state index is 0.0896. The smallest absolute Gasteiger partial charge is 0.265 e. The molecule has 1 heterocycles. The summed E-state index contributed by atoms with van der Waals surface area (Å²) in [5.74, 6) is 1.16. The first-order valence-electron chi connectivity index (χ1n) is 8.90. The number of allylic oxidation sites excluding steroid dienone is 1. The Kier molecular flexibility index (Phi) is 7.01. The number of anilines is 1. The lowest BCUT2D eigenvalue weighted by Crippen LogP contribution is -2.24. The van der Waals surface area contributed by atoms with E-state index in [1.807, 2.05) is 30.3 Å². The molecule has 2 aromatic rings. The summed E-state index contributed by atoms with van der Waals surface area (Å²) in [6.45, 7) is 2.81. The van der Waals surface area contributed by atoms with Crippen LogP contribution in [0.4, 0.5) is 5.69 Å². The maximum atomic E-state index is 12.3. The first kappa shape index (κ1) is 20.3. The molecule has 0 saturated heterocycles. The molecule has 0 fully saturated rings. The van der Waals surface area contributed by atoms with Crippen molar-refractivity contribution in [3.8, 4) is 0 Å². The molecule has 0 atom stereocenters. The van der Waals surface area contributed by atoms with Gasteiger partial charge in [0.25, 0.3) is 5.91 Å². The average molecular weight is 417 g/mol. The van der Waals surface area contributed by atoms with E-state index in [0.29, 0.717) is 34.5 Å². The monoisotopic (exact) mass is 416 g/mol. The van der Waals surface area contributed by atoms with Gasteiger partial charge in [0, 0.05) is 23.0 Å². The molecule has 1 aliphatic heterocycles. The largest absolute Gasteiger partial charge is 0.496 e. The minimum atomic E-state index is -0.174. The standard InChI is InChI=1S/C21H21ClN2O3S/c1-14-20(28-11-10-27-14)21(26)24-17-8-6-15(7-9-17)12-19(25)23-13-16-4-2-3-5-18(16)22/h2-9H,10-13H2,1H3,(H,23,25)(H,24,26). The zero-order valence-electron chi connectivity index (χ0n) is 15.5. The lowest BCUT2D eigenvalue weighted by molar-refractivity contribution is -0.120. The second kappa shape index (κ2) is 9.66. The van der Waals surface area contributed by atoms with E-state index in [-0.39, 0.29) is 18.2 Å². The number of nitrogens with one attached hydrogen (secondary N) is 2. The summed E-state index contributed by atoms with van der Waals surface area (Å²) in [6.07, 6.45) is 0.257. The Balaban J connectivity index is 1.52. The van der Waals surface area contributed by atoms with Crippen molar-refractivity contribution in [2.45, 2.75) is 19.9 Å². The normalized spacial score (nSPS) is 13.6. The van der Waals surface area contributed by atoms with Gasteiger partial charge in [-0.25, -0.2) is 0 Å². The SMILES string of the molecule is CC1=C(C(=O)Nc2ccc(CC(=O)NCc3ccccc3Cl)cc2)SCCO1. The van der Waals surface area contributed by atoms with Crippen molar-refractivity contribution in [3.05, 3.63) is 75.3 Å². The van der Waals surface area contributed by atoms with Crippen molar-refractivity contribution in [2.24, 2.45) is 0 Å². The number of carbonyl (C=O) groups is 2. The van der Waals surface area contributed by atoms with E-state index in [2.05, 4.69) is 10.6 Å². The lowest BCUT2D eigenvalue weighted by Gasteiger charge is -2.17. The number of benzene rings is 2. The summed E-state index contributed by atoms with van der Waals surface area (Å²) in [5, 5.41) is 6.36. The van der Waals surface area contributed by atoms with Crippen molar-refractivity contribution in [1.29, 1.82) is 0 Å². The molecule has 0 saturated carbocycles. The third-order valence-corrected chi connectivity index (χ3v) is 5.69. The molecule has 0 radical (unpaired) electrons. The van der Waals surface area contributed by atoms with E-state index in [9.17, 15) is 9.59 Å². The topological polar surface area (TPSA) is 67.4 Å². The number of hydrogen-bond acceptors (Lipinski definition) is 4. The second-order valence-electron chi connectivity index (χ2n) is 6.28. The van der Waals surface area contributed by atoms with Gasteiger partial charge in [-0.2, -0.15) is 0 Å². The van der Waals surface area contributed by atoms with Crippen LogP contribution in [0.2, 0.25) is 5.02 Å². The Morgan fingerprint density at radius 3 is 2.61 bits per heavy atom. The first-order valence-corrected chi connectivity index (χ1v) is 10.3. The van der Waals surface area contributed by atoms with Gasteiger partial charge in [0.1, 0.15) is 10.7 Å². The van der Waals surface area contributed by atoms with Crippen LogP contribution in [0.25, 0.3) is 0 Å². The molecule has 2 N–H and O–H groups in total. The Morgan fingerprint density at radius 2 is 1.89 bits per heavy atom. The molecule has 146 valence electrons. The number of hydrogen-bond donors (Lipinski definition) is 2. The highest BCUT2D eigenvalue weighted by Gasteiger charge is 2.18. The number of thioether (sulfide) groups is 1. The maximum Gasteiger partial charge on any atom is 0.265 e. The zero-order chi connectivity index (χ0) is 19.9. The summed E-state index contributed by atoms with van der Waals surface area (Å²) < 4.78 is 5.42. The Bertz CT molecular complexity index is 897. The van der Waals surface area contributed by atoms with Gasteiger partial charge in [-0.1, -0.05) is 41.9 Å². The fourth-order valence-electron chi connectivity index (χ4n) is 2.71. The summed E-state index contributed by atoms with van der Waals surface area (Å²) >= 11 is 7.59. The third-order valence-electron chi connectivity index (χ3n) is 4.18. The number of rotatable bonds is 6. The van der Waals surface area contributed by atoms with Crippen molar-refractivity contribution in [2.75, 3.05) is 17.7 Å². The van der Waals surface area contributed by atoms with E-state index < -0.39 is 0 Å². The van der Waals surface area contributed by atoms with Crippen LogP contribution in [0.1, 0.15) is 18.1 Å². The van der Waals surface area contributed by atoms with Crippen molar-refractivity contribution < 1.29 is 14.3 Å². The molecule has 28 heavy (non-hydrogen) atoms. The molecule has 7 heteroatoms. The number of halogens is 1. The number of carbonyl (C=O) groups excluding carboxylic acids is 2. The van der Waals surface area contributed by atoms with E-state index in [4.69, 9.17) is 16.3 Å². The zero-order valence-corrected chi connectivity index (χ0v) is 17.0. The van der Waals surface area contributed by atoms with Crippen molar-refractivity contribution in [3.63, 3.8) is 0 Å². The summed E-state index contributed by atoms with van der Waals surface area (Å²) in [7, 11) is 0. The molecule has 0 aromatic heterocycles. The Hall–Kier alpha value is -2.44. The highest BCUT2D eigenvalue weighted by atomic mass is 35.5. The average Bonchev–Trinajstić information content (AvgIpc) is 2.69. The van der Waals surface area contributed by atoms with E-state index in [1.165, 1.54) is 11.8 Å². The minimum Gasteiger partial charge on any atom is -0.496 e. The van der Waals surface area contributed by atoms with E-state index in [1.54, 1.807) is 25.1 Å². The predicted molar refractivity (Wildman–Crippen MR) is 113 cm³/mol. The van der Waals surface area contributed by atoms with E-state index >= 15 is 0 Å².